The Morgan fingerprint density at radius 3 is 2.83 bits per heavy atom. The van der Waals surface area contributed by atoms with Crippen LogP contribution in [0.5, 0.6) is 0 Å². The summed E-state index contributed by atoms with van der Waals surface area (Å²) in [5, 5.41) is 17.1. The summed E-state index contributed by atoms with van der Waals surface area (Å²) < 4.78 is 2.26. The van der Waals surface area contributed by atoms with Crippen LogP contribution in [-0.2, 0) is 13.1 Å². The van der Waals surface area contributed by atoms with Gasteiger partial charge in [-0.1, -0.05) is 13.8 Å². The van der Waals surface area contributed by atoms with Gasteiger partial charge in [0.1, 0.15) is 11.6 Å². The zero-order chi connectivity index (χ0) is 13.0. The average molecular weight is 247 g/mol. The minimum atomic E-state index is 0.438. The van der Waals surface area contributed by atoms with Crippen molar-refractivity contribution in [1.29, 1.82) is 5.26 Å². The summed E-state index contributed by atoms with van der Waals surface area (Å²) >= 11 is 0. The molecule has 0 atom stereocenters. The zero-order valence-electron chi connectivity index (χ0n) is 11.3. The van der Waals surface area contributed by atoms with Crippen LogP contribution in [0.4, 0.5) is 0 Å². The van der Waals surface area contributed by atoms with E-state index in [9.17, 15) is 0 Å². The molecule has 18 heavy (non-hydrogen) atoms. The molecule has 0 aliphatic carbocycles. The lowest BCUT2D eigenvalue weighted by Gasteiger charge is -2.27. The highest BCUT2D eigenvalue weighted by molar-refractivity contribution is 5.02. The number of unbranched alkanes of at least 4 members (excludes halogenated alkanes) is 2. The maximum Gasteiger partial charge on any atom is 0.147 e. The third kappa shape index (κ3) is 2.88. The van der Waals surface area contributed by atoms with Crippen LogP contribution in [0, 0.1) is 11.3 Å². The van der Waals surface area contributed by atoms with Crippen LogP contribution < -0.4 is 0 Å². The second kappa shape index (κ2) is 5.96. The van der Waals surface area contributed by atoms with E-state index in [1.807, 2.05) is 0 Å². The SMILES string of the molecule is CC(C)c1nnc2n1CCN(CCCCC#N)C2. The molecule has 0 saturated heterocycles. The first kappa shape index (κ1) is 13.0. The van der Waals surface area contributed by atoms with Crippen LogP contribution in [0.2, 0.25) is 0 Å². The molecule has 0 N–H and O–H groups in total. The molecule has 1 aromatic rings. The summed E-state index contributed by atoms with van der Waals surface area (Å²) in [6.07, 6.45) is 2.76. The van der Waals surface area contributed by atoms with Crippen molar-refractivity contribution in [2.75, 3.05) is 13.1 Å². The zero-order valence-corrected chi connectivity index (χ0v) is 11.3. The molecule has 2 rings (SSSR count). The van der Waals surface area contributed by atoms with Crippen LogP contribution >= 0.6 is 0 Å². The van der Waals surface area contributed by atoms with E-state index in [-0.39, 0.29) is 0 Å². The van der Waals surface area contributed by atoms with Crippen LogP contribution in [0.25, 0.3) is 0 Å². The lowest BCUT2D eigenvalue weighted by molar-refractivity contribution is 0.211. The summed E-state index contributed by atoms with van der Waals surface area (Å²) in [7, 11) is 0. The molecule has 98 valence electrons. The van der Waals surface area contributed by atoms with Gasteiger partial charge in [0.25, 0.3) is 0 Å². The normalized spacial score (nSPS) is 15.7. The molecule has 0 spiro atoms. The molecule has 5 heteroatoms. The van der Waals surface area contributed by atoms with Crippen molar-refractivity contribution in [3.8, 4) is 6.07 Å². The summed E-state index contributed by atoms with van der Waals surface area (Å²) in [5.74, 6) is 2.63. The lowest BCUT2D eigenvalue weighted by Crippen LogP contribution is -2.35. The van der Waals surface area contributed by atoms with E-state index in [0.29, 0.717) is 12.3 Å². The number of fused-ring (bicyclic) bond motifs is 1. The molecule has 5 nitrogen and oxygen atoms in total. The first-order valence-electron chi connectivity index (χ1n) is 6.73. The molecule has 1 aliphatic heterocycles. The fraction of sp³-hybridized carbons (Fsp3) is 0.769. The summed E-state index contributed by atoms with van der Waals surface area (Å²) in [5.41, 5.74) is 0. The van der Waals surface area contributed by atoms with Gasteiger partial charge >= 0.3 is 0 Å². The number of hydrogen-bond acceptors (Lipinski definition) is 4. The van der Waals surface area contributed by atoms with E-state index in [1.54, 1.807) is 0 Å². The number of nitrogens with zero attached hydrogens (tertiary/aromatic N) is 5. The summed E-state index contributed by atoms with van der Waals surface area (Å²) in [4.78, 5) is 2.41. The highest BCUT2D eigenvalue weighted by Crippen LogP contribution is 2.18. The van der Waals surface area contributed by atoms with Crippen LogP contribution in [0.1, 0.15) is 50.7 Å². The smallest absolute Gasteiger partial charge is 0.147 e. The minimum Gasteiger partial charge on any atom is -0.312 e. The van der Waals surface area contributed by atoms with Crippen molar-refractivity contribution >= 4 is 0 Å². The molecule has 0 amide bonds. The van der Waals surface area contributed by atoms with Gasteiger partial charge in [-0.2, -0.15) is 5.26 Å². The van der Waals surface area contributed by atoms with Gasteiger partial charge in [-0.15, -0.1) is 10.2 Å². The minimum absolute atomic E-state index is 0.438. The number of aromatic nitrogens is 3. The Kier molecular flexibility index (Phi) is 4.32. The molecule has 0 aromatic carbocycles. The van der Waals surface area contributed by atoms with E-state index in [0.717, 1.165) is 50.7 Å². The van der Waals surface area contributed by atoms with E-state index >= 15 is 0 Å². The first-order valence-corrected chi connectivity index (χ1v) is 6.73. The standard InChI is InChI=1S/C13H21N5/c1-11(2)13-16-15-12-10-17(8-9-18(12)13)7-5-3-4-6-14/h11H,3-5,7-10H2,1-2H3. The number of hydrogen-bond donors (Lipinski definition) is 0. The Bertz CT molecular complexity index is 429. The first-order chi connectivity index (χ1) is 8.72. The molecule has 1 aromatic heterocycles. The third-order valence-electron chi connectivity index (χ3n) is 3.39. The van der Waals surface area contributed by atoms with Crippen molar-refractivity contribution in [2.24, 2.45) is 0 Å². The molecular weight excluding hydrogens is 226 g/mol. The van der Waals surface area contributed by atoms with E-state index < -0.39 is 0 Å². The topological polar surface area (TPSA) is 57.7 Å². The van der Waals surface area contributed by atoms with Crippen molar-refractivity contribution in [1.82, 2.24) is 19.7 Å². The van der Waals surface area contributed by atoms with Gasteiger partial charge in [0.05, 0.1) is 12.6 Å². The second-order valence-electron chi connectivity index (χ2n) is 5.17. The Hall–Kier alpha value is -1.41. The van der Waals surface area contributed by atoms with Crippen molar-refractivity contribution in [3.63, 3.8) is 0 Å². The quantitative estimate of drug-likeness (QED) is 0.746. The van der Waals surface area contributed by atoms with Crippen LogP contribution in [0.15, 0.2) is 0 Å². The van der Waals surface area contributed by atoms with Gasteiger partial charge < -0.3 is 4.57 Å². The van der Waals surface area contributed by atoms with Crippen LogP contribution in [-0.4, -0.2) is 32.8 Å². The largest absolute Gasteiger partial charge is 0.312 e. The fourth-order valence-corrected chi connectivity index (χ4v) is 2.39. The van der Waals surface area contributed by atoms with Gasteiger partial charge in [0.2, 0.25) is 0 Å². The third-order valence-corrected chi connectivity index (χ3v) is 3.39. The maximum absolute atomic E-state index is 8.50. The number of rotatable bonds is 5. The molecule has 0 radical (unpaired) electrons. The van der Waals surface area contributed by atoms with Crippen molar-refractivity contribution < 1.29 is 0 Å². The molecular formula is C13H21N5. The van der Waals surface area contributed by atoms with Gasteiger partial charge in [0.15, 0.2) is 0 Å². The monoisotopic (exact) mass is 247 g/mol. The Morgan fingerprint density at radius 2 is 2.11 bits per heavy atom. The Morgan fingerprint density at radius 1 is 1.28 bits per heavy atom. The van der Waals surface area contributed by atoms with E-state index in [4.69, 9.17) is 5.26 Å². The average Bonchev–Trinajstić information content (AvgIpc) is 2.77. The van der Waals surface area contributed by atoms with Gasteiger partial charge in [-0.05, 0) is 19.4 Å². The highest BCUT2D eigenvalue weighted by atomic mass is 15.3. The Labute approximate surface area is 108 Å². The lowest BCUT2D eigenvalue weighted by atomic mass is 10.2. The maximum atomic E-state index is 8.50. The van der Waals surface area contributed by atoms with Crippen molar-refractivity contribution in [2.45, 2.75) is 52.1 Å². The molecule has 1 aliphatic rings. The fourth-order valence-electron chi connectivity index (χ4n) is 2.39. The van der Waals surface area contributed by atoms with Crippen LogP contribution in [0.3, 0.4) is 0 Å². The molecule has 0 saturated carbocycles. The van der Waals surface area contributed by atoms with Crippen molar-refractivity contribution in [3.05, 3.63) is 11.6 Å². The van der Waals surface area contributed by atoms with E-state index in [2.05, 4.69) is 39.6 Å². The van der Waals surface area contributed by atoms with Gasteiger partial charge in [-0.25, -0.2) is 0 Å². The van der Waals surface area contributed by atoms with E-state index in [1.165, 1.54) is 0 Å². The van der Waals surface area contributed by atoms with Gasteiger partial charge in [0, 0.05) is 25.4 Å². The highest BCUT2D eigenvalue weighted by Gasteiger charge is 2.21. The summed E-state index contributed by atoms with van der Waals surface area (Å²) in [6.45, 7) is 8.33. The molecule has 2 heterocycles. The predicted molar refractivity (Wildman–Crippen MR) is 68.9 cm³/mol. The number of nitriles is 1. The Balaban J connectivity index is 1.89. The molecule has 0 fully saturated rings. The second-order valence-corrected chi connectivity index (χ2v) is 5.17. The summed E-state index contributed by atoms with van der Waals surface area (Å²) in [6, 6.07) is 2.19. The molecule has 0 bridgehead atoms. The molecule has 0 unspecified atom stereocenters. The van der Waals surface area contributed by atoms with Gasteiger partial charge in [-0.3, -0.25) is 4.90 Å². The predicted octanol–water partition coefficient (Wildman–Crippen LogP) is 1.91.